The van der Waals surface area contributed by atoms with E-state index in [-0.39, 0.29) is 12.8 Å². The number of amides is 2. The van der Waals surface area contributed by atoms with Crippen molar-refractivity contribution in [1.82, 2.24) is 30.8 Å². The first-order valence-electron chi connectivity index (χ1n) is 15.5. The minimum atomic E-state index is -2.59. The molecule has 1 aromatic carbocycles. The zero-order valence-corrected chi connectivity index (χ0v) is 26.6. The van der Waals surface area contributed by atoms with E-state index in [9.17, 15) is 23.5 Å². The molecule has 2 fully saturated rings. The number of thiazole rings is 1. The van der Waals surface area contributed by atoms with E-state index < -0.39 is 35.0 Å². The van der Waals surface area contributed by atoms with E-state index in [2.05, 4.69) is 20.9 Å². The first kappa shape index (κ1) is 32.0. The number of halogens is 2. The van der Waals surface area contributed by atoms with Crippen LogP contribution < -0.4 is 20.9 Å². The molecule has 4 N–H and O–H groups in total. The minimum Gasteiger partial charge on any atom is -0.481 e. The Morgan fingerprint density at radius 3 is 2.70 bits per heavy atom. The number of hydrogen-bond donors (Lipinski definition) is 4. The number of nitrogens with one attached hydrogen (secondary N) is 3. The number of fused-ring (bicyclic) bond motifs is 1. The number of urea groups is 1. The maximum absolute atomic E-state index is 13.6. The van der Waals surface area contributed by atoms with Gasteiger partial charge in [-0.3, -0.25) is 20.0 Å². The highest BCUT2D eigenvalue weighted by Crippen LogP contribution is 2.46. The summed E-state index contributed by atoms with van der Waals surface area (Å²) in [6.07, 6.45) is 6.99. The zero-order valence-electron chi connectivity index (χ0n) is 25.8. The Labute approximate surface area is 269 Å². The number of nitrogens with zero attached hydrogens (tertiary/aromatic N) is 5. The van der Waals surface area contributed by atoms with Crippen LogP contribution in [0.1, 0.15) is 38.7 Å². The standard InChI is InChI=1S/C32H38F2N8O3S/c1-3-36-29(45)40-32(26-18-35-11-7-30(26,2)28(43)44)39-10-4-12-42(32)22-15-23(27-25(16-22)38-20-46-27)24-6-5-21(17-37-24)19-41-13-8-31(33,34)9-14-41/h4-6,10,12,15-17,20,26,35H,3,7-9,11,13-14,18-19H2,1-2H3,(H,43,44)(H2,36,40,45). The fourth-order valence-corrected chi connectivity index (χ4v) is 7.44. The van der Waals surface area contributed by atoms with Crippen LogP contribution in [0.5, 0.6) is 0 Å². The van der Waals surface area contributed by atoms with Crippen molar-refractivity contribution in [1.29, 1.82) is 0 Å². The lowest BCUT2D eigenvalue weighted by Crippen LogP contribution is -2.71. The highest BCUT2D eigenvalue weighted by Gasteiger charge is 2.58. The van der Waals surface area contributed by atoms with Crippen LogP contribution in [-0.2, 0) is 11.3 Å². The monoisotopic (exact) mass is 652 g/mol. The third-order valence-electron chi connectivity index (χ3n) is 9.30. The number of aromatic nitrogens is 2. The predicted octanol–water partition coefficient (Wildman–Crippen LogP) is 4.67. The average Bonchev–Trinajstić information content (AvgIpc) is 3.51. The molecule has 3 unspecified atom stereocenters. The number of rotatable bonds is 8. The molecule has 6 rings (SSSR count). The number of aliphatic imine (C=N–C) groups is 1. The summed E-state index contributed by atoms with van der Waals surface area (Å²) in [7, 11) is 0. The second-order valence-electron chi connectivity index (χ2n) is 12.3. The molecule has 0 aliphatic carbocycles. The molecule has 2 amide bonds. The van der Waals surface area contributed by atoms with E-state index in [0.717, 1.165) is 21.3 Å². The molecule has 244 valence electrons. The number of piperidine rings is 2. The summed E-state index contributed by atoms with van der Waals surface area (Å²) in [5.74, 6) is -5.71. The normalized spacial score (nSPS) is 26.3. The molecule has 0 radical (unpaired) electrons. The van der Waals surface area contributed by atoms with Crippen LogP contribution in [0.2, 0.25) is 0 Å². The first-order chi connectivity index (χ1) is 22.0. The Hall–Kier alpha value is -4.01. The molecule has 3 aromatic rings. The summed E-state index contributed by atoms with van der Waals surface area (Å²) < 4.78 is 28.2. The van der Waals surface area contributed by atoms with Crippen LogP contribution >= 0.6 is 11.3 Å². The van der Waals surface area contributed by atoms with E-state index in [1.54, 1.807) is 37.1 Å². The summed E-state index contributed by atoms with van der Waals surface area (Å²) >= 11 is 1.48. The summed E-state index contributed by atoms with van der Waals surface area (Å²) in [6.45, 7) is 5.95. The van der Waals surface area contributed by atoms with Gasteiger partial charge in [-0.1, -0.05) is 6.07 Å². The van der Waals surface area contributed by atoms with E-state index in [1.807, 2.05) is 41.0 Å². The van der Waals surface area contributed by atoms with E-state index in [0.29, 0.717) is 57.1 Å². The van der Waals surface area contributed by atoms with Crippen LogP contribution in [0.3, 0.4) is 0 Å². The number of carbonyl (C=O) groups excluding carboxylic acids is 1. The molecule has 0 saturated carbocycles. The van der Waals surface area contributed by atoms with Gasteiger partial charge in [0.05, 0.1) is 32.8 Å². The van der Waals surface area contributed by atoms with Gasteiger partial charge in [-0.15, -0.1) is 11.3 Å². The lowest BCUT2D eigenvalue weighted by atomic mass is 9.68. The van der Waals surface area contributed by atoms with Crippen molar-refractivity contribution in [3.05, 3.63) is 53.8 Å². The molecule has 3 aliphatic heterocycles. The summed E-state index contributed by atoms with van der Waals surface area (Å²) in [5.41, 5.74) is 4.37. The van der Waals surface area contributed by atoms with Crippen molar-refractivity contribution in [2.24, 2.45) is 16.3 Å². The molecule has 5 heterocycles. The Bertz CT molecular complexity index is 1650. The van der Waals surface area contributed by atoms with Gasteiger partial charge < -0.3 is 20.6 Å². The van der Waals surface area contributed by atoms with Gasteiger partial charge in [-0.25, -0.2) is 23.6 Å². The Balaban J connectivity index is 1.39. The van der Waals surface area contributed by atoms with Gasteiger partial charge in [0.25, 0.3) is 5.92 Å². The van der Waals surface area contributed by atoms with E-state index in [4.69, 9.17) is 9.98 Å². The number of pyridine rings is 1. The SMILES string of the molecule is CCNC(=O)NC1(C2CNCCC2(C)C(=O)O)N=CC=CN1c1cc(-c2ccc(CN3CCC(F)(F)CC3)cn2)c2scnc2c1. The Morgan fingerprint density at radius 2 is 1.98 bits per heavy atom. The number of carbonyl (C=O) groups is 2. The van der Waals surface area contributed by atoms with Gasteiger partial charge in [0.1, 0.15) is 0 Å². The Kier molecular flexibility index (Phi) is 8.79. The third kappa shape index (κ3) is 6.08. The van der Waals surface area contributed by atoms with Gasteiger partial charge in [-0.05, 0) is 56.7 Å². The maximum atomic E-state index is 13.6. The minimum absolute atomic E-state index is 0.136. The van der Waals surface area contributed by atoms with Gasteiger partial charge >= 0.3 is 12.0 Å². The summed E-state index contributed by atoms with van der Waals surface area (Å²) in [6, 6.07) is 7.28. The maximum Gasteiger partial charge on any atom is 0.318 e. The van der Waals surface area contributed by atoms with Crippen molar-refractivity contribution >= 4 is 45.5 Å². The number of anilines is 1. The molecule has 0 bridgehead atoms. The third-order valence-corrected chi connectivity index (χ3v) is 10.2. The van der Waals surface area contributed by atoms with E-state index >= 15 is 0 Å². The lowest BCUT2D eigenvalue weighted by molar-refractivity contribution is -0.155. The summed E-state index contributed by atoms with van der Waals surface area (Å²) in [4.78, 5) is 44.1. The van der Waals surface area contributed by atoms with Crippen LogP contribution in [0.25, 0.3) is 21.5 Å². The van der Waals surface area contributed by atoms with Crippen LogP contribution in [-0.4, -0.2) is 82.6 Å². The fourth-order valence-electron chi connectivity index (χ4n) is 6.64. The first-order valence-corrected chi connectivity index (χ1v) is 16.4. The van der Waals surface area contributed by atoms with Crippen LogP contribution in [0.4, 0.5) is 19.3 Å². The highest BCUT2D eigenvalue weighted by atomic mass is 32.1. The number of allylic oxidation sites excluding steroid dienone is 1. The quantitative estimate of drug-likeness (QED) is 0.276. The number of aliphatic carboxylic acids is 1. The van der Waals surface area contributed by atoms with Gasteiger partial charge in [0.15, 0.2) is 0 Å². The van der Waals surface area contributed by atoms with Gasteiger partial charge in [-0.2, -0.15) is 0 Å². The topological polar surface area (TPSA) is 135 Å². The number of benzene rings is 1. The van der Waals surface area contributed by atoms with Crippen molar-refractivity contribution < 1.29 is 23.5 Å². The zero-order chi connectivity index (χ0) is 32.5. The summed E-state index contributed by atoms with van der Waals surface area (Å²) in [5, 5.41) is 19.6. The number of carboxylic acid groups (broad SMARTS) is 1. The number of likely N-dealkylation sites (tertiary alicyclic amines) is 1. The second-order valence-corrected chi connectivity index (χ2v) is 13.2. The number of carboxylic acids is 1. The van der Waals surface area contributed by atoms with Crippen molar-refractivity contribution in [2.75, 3.05) is 37.6 Å². The second kappa shape index (κ2) is 12.6. The fraction of sp³-hybridized carbons (Fsp3) is 0.469. The Morgan fingerprint density at radius 1 is 1.17 bits per heavy atom. The molecule has 2 aromatic heterocycles. The average molecular weight is 653 g/mol. The van der Waals surface area contributed by atoms with E-state index in [1.165, 1.54) is 11.3 Å². The van der Waals surface area contributed by atoms with Crippen molar-refractivity contribution in [3.63, 3.8) is 0 Å². The molecule has 3 aliphatic rings. The molecule has 46 heavy (non-hydrogen) atoms. The predicted molar refractivity (Wildman–Crippen MR) is 174 cm³/mol. The van der Waals surface area contributed by atoms with Crippen LogP contribution in [0, 0.1) is 11.3 Å². The molecular formula is C32H38F2N8O3S. The van der Waals surface area contributed by atoms with Crippen LogP contribution in [0.15, 0.2) is 53.2 Å². The van der Waals surface area contributed by atoms with Gasteiger partial charge in [0.2, 0.25) is 5.79 Å². The largest absolute Gasteiger partial charge is 0.481 e. The molecule has 11 nitrogen and oxygen atoms in total. The molecule has 0 spiro atoms. The molecule has 3 atom stereocenters. The molecule has 2 saturated heterocycles. The molecular weight excluding hydrogens is 614 g/mol. The lowest BCUT2D eigenvalue weighted by Gasteiger charge is -2.52. The number of hydrogen-bond acceptors (Lipinski definition) is 9. The smallest absolute Gasteiger partial charge is 0.318 e. The van der Waals surface area contributed by atoms with Gasteiger partial charge in [0, 0.05) is 75.4 Å². The highest BCUT2D eigenvalue weighted by molar-refractivity contribution is 7.17. The van der Waals surface area contributed by atoms with Crippen molar-refractivity contribution in [3.8, 4) is 11.3 Å². The van der Waals surface area contributed by atoms with Crippen molar-refractivity contribution in [2.45, 2.75) is 51.4 Å². The number of alkyl halides is 2. The molecule has 14 heteroatoms.